The van der Waals surface area contributed by atoms with E-state index in [9.17, 15) is 9.59 Å². The molecule has 0 aromatic heterocycles. The van der Waals surface area contributed by atoms with E-state index in [4.69, 9.17) is 28.4 Å². The van der Waals surface area contributed by atoms with Crippen molar-refractivity contribution >= 4 is 49.7 Å². The summed E-state index contributed by atoms with van der Waals surface area (Å²) in [4.78, 5) is 60.3. The smallest absolute Gasteiger partial charge is 0.435 e. The maximum absolute atomic E-state index is 15.7. The van der Waals surface area contributed by atoms with Crippen molar-refractivity contribution in [2.45, 2.75) is 185 Å². The predicted molar refractivity (Wildman–Crippen MR) is 255 cm³/mol. The molecule has 1 saturated heterocycles. The van der Waals surface area contributed by atoms with Crippen LogP contribution in [0.15, 0.2) is 33.8 Å². The van der Waals surface area contributed by atoms with Crippen LogP contribution in [0, 0.1) is 0 Å². The van der Waals surface area contributed by atoms with E-state index in [-0.39, 0.29) is 37.3 Å². The van der Waals surface area contributed by atoms with E-state index in [1.54, 1.807) is 27.7 Å². The Labute approximate surface area is 373 Å². The molecule has 2 aromatic carbocycles. The van der Waals surface area contributed by atoms with Crippen molar-refractivity contribution in [3.8, 4) is 0 Å². The van der Waals surface area contributed by atoms with Gasteiger partial charge in [0.15, 0.2) is 0 Å². The lowest BCUT2D eigenvalue weighted by Gasteiger charge is -2.62. The number of rotatable bonds is 6. The van der Waals surface area contributed by atoms with Gasteiger partial charge in [-0.2, -0.15) is 8.88 Å². The Morgan fingerprint density at radius 2 is 0.645 bits per heavy atom. The van der Waals surface area contributed by atoms with Gasteiger partial charge < -0.3 is 18.9 Å². The van der Waals surface area contributed by atoms with Crippen LogP contribution in [-0.2, 0) is 51.4 Å². The van der Waals surface area contributed by atoms with Gasteiger partial charge in [-0.1, -0.05) is 149 Å². The summed E-state index contributed by atoms with van der Waals surface area (Å²) in [6, 6.07) is 8.39. The summed E-state index contributed by atoms with van der Waals surface area (Å²) in [7, 11) is -8.75. The second-order valence-corrected chi connectivity index (χ2v) is 27.8. The zero-order valence-corrected chi connectivity index (χ0v) is 43.9. The largest absolute Gasteiger partial charge is 0.449 e. The maximum atomic E-state index is 15.7. The van der Waals surface area contributed by atoms with Gasteiger partial charge in [-0.3, -0.25) is 0 Å². The molecule has 0 radical (unpaired) electrons. The summed E-state index contributed by atoms with van der Waals surface area (Å²) >= 11 is 0. The van der Waals surface area contributed by atoms with Crippen LogP contribution in [0.3, 0.4) is 0 Å². The first-order valence-corrected chi connectivity index (χ1v) is 25.3. The quantitative estimate of drug-likeness (QED) is 0.206. The van der Waals surface area contributed by atoms with Crippen LogP contribution in [0.4, 0.5) is 19.2 Å². The number of amides is 4. The molecule has 0 atom stereocenters. The highest BCUT2D eigenvalue weighted by atomic mass is 31.3. The van der Waals surface area contributed by atoms with Crippen LogP contribution in [0.5, 0.6) is 0 Å². The second kappa shape index (κ2) is 18.1. The van der Waals surface area contributed by atoms with Crippen LogP contribution < -0.4 is 10.6 Å². The van der Waals surface area contributed by atoms with Gasteiger partial charge in [0.05, 0.1) is 26.4 Å². The summed E-state index contributed by atoms with van der Waals surface area (Å²) in [6.07, 6.45) is -3.77. The Hall–Kier alpha value is -3.62. The van der Waals surface area contributed by atoms with Crippen molar-refractivity contribution in [2.75, 3.05) is 26.4 Å². The van der Waals surface area contributed by atoms with Gasteiger partial charge in [-0.25, -0.2) is 19.2 Å². The first-order chi connectivity index (χ1) is 28.0. The number of hydrogen-bond acceptors (Lipinski definition) is 8. The Bertz CT molecular complexity index is 1930. The molecule has 0 N–H and O–H groups in total. The Morgan fingerprint density at radius 3 is 0.823 bits per heavy atom. The van der Waals surface area contributed by atoms with Gasteiger partial charge >= 0.3 is 24.4 Å². The topological polar surface area (TPSA) is 136 Å². The molecule has 1 fully saturated rings. The van der Waals surface area contributed by atoms with Crippen molar-refractivity contribution in [1.29, 1.82) is 0 Å². The standard InChI is InChI=1S/C48H78N4O8P2/c1-23-57-39(53)49-61(37-33(45(11,12)13)27-31(43(5,6)7)28-34(37)46(14,15)16)51(41(55)59-25-3)62(50-40(54)58-24-2,52(61)42(56)60-26-4)38-35(47(17,18)19)29-32(44(8,9)10)30-36(38)48(20,21)22/h27-30H,23-26H2,1-22H3. The number of hydrogen-bond donors (Lipinski definition) is 0. The highest BCUT2D eigenvalue weighted by molar-refractivity contribution is 7.99. The van der Waals surface area contributed by atoms with Crippen LogP contribution in [0.2, 0.25) is 0 Å². The lowest BCUT2D eigenvalue weighted by molar-refractivity contribution is 0.133. The second-order valence-electron chi connectivity index (χ2n) is 22.1. The van der Waals surface area contributed by atoms with Crippen molar-refractivity contribution in [3.05, 3.63) is 57.6 Å². The van der Waals surface area contributed by atoms with E-state index in [0.29, 0.717) is 10.6 Å². The first-order valence-electron chi connectivity index (χ1n) is 22.0. The summed E-state index contributed by atoms with van der Waals surface area (Å²) in [5.74, 6) is 0. The minimum Gasteiger partial charge on any atom is -0.449 e. The number of nitrogens with zero attached hydrogens (tertiary/aromatic N) is 4. The van der Waals surface area contributed by atoms with E-state index in [0.717, 1.165) is 33.4 Å². The molecule has 2 aromatic rings. The molecule has 0 spiro atoms. The van der Waals surface area contributed by atoms with Crippen LogP contribution in [0.1, 0.15) is 186 Å². The van der Waals surface area contributed by atoms with Gasteiger partial charge in [-0.15, -0.1) is 9.49 Å². The van der Waals surface area contributed by atoms with E-state index >= 15 is 9.59 Å². The Kier molecular flexibility index (Phi) is 15.4. The fraction of sp³-hybridized carbons (Fsp3) is 0.667. The van der Waals surface area contributed by atoms with Crippen molar-refractivity contribution in [3.63, 3.8) is 0 Å². The molecule has 14 heteroatoms. The minimum atomic E-state index is -4.38. The average molecular weight is 901 g/mol. The highest BCUT2D eigenvalue weighted by Gasteiger charge is 2.71. The van der Waals surface area contributed by atoms with Crippen LogP contribution in [-0.4, -0.2) is 59.7 Å². The molecule has 1 aliphatic rings. The zero-order chi connectivity index (χ0) is 48.0. The van der Waals surface area contributed by atoms with E-state index in [2.05, 4.69) is 149 Å². The van der Waals surface area contributed by atoms with Gasteiger partial charge in [0.25, 0.3) is 0 Å². The molecule has 348 valence electrons. The lowest BCUT2D eigenvalue weighted by Crippen LogP contribution is -2.58. The number of ether oxygens (including phenoxy) is 4. The molecule has 0 bridgehead atoms. The number of carbonyl (C=O) groups excluding carboxylic acids is 4. The molecule has 1 aliphatic heterocycles. The lowest BCUT2D eigenvalue weighted by atomic mass is 9.75. The molecule has 62 heavy (non-hydrogen) atoms. The molecule has 12 nitrogen and oxygen atoms in total. The molecule has 0 unspecified atom stereocenters. The Balaban J connectivity index is 3.19. The third kappa shape index (κ3) is 10.2. The molecule has 0 aliphatic carbocycles. The summed E-state index contributed by atoms with van der Waals surface area (Å²) < 4.78 is 36.3. The van der Waals surface area contributed by atoms with E-state index < -0.39 is 60.7 Å². The SMILES string of the molecule is CCOC(=O)N=P1(c2c(C(C)(C)C)cc(C(C)(C)C)cc2C(C)(C)C)N(C(=O)OCC)P(=NC(=O)OCC)(c2c(C(C)(C)C)cc(C(C)(C)C)cc2C(C)(C)C)N1C(=O)OCC. The van der Waals surface area contributed by atoms with Crippen molar-refractivity contribution in [2.24, 2.45) is 9.49 Å². The summed E-state index contributed by atoms with van der Waals surface area (Å²) in [6.45, 7) is 43.9. The van der Waals surface area contributed by atoms with Gasteiger partial charge in [0.1, 0.15) is 0 Å². The molecule has 3 rings (SSSR count). The summed E-state index contributed by atoms with van der Waals surface area (Å²) in [5.41, 5.74) is 1.72. The first kappa shape index (κ1) is 52.7. The summed E-state index contributed by atoms with van der Waals surface area (Å²) in [5, 5.41) is 0.991. The van der Waals surface area contributed by atoms with E-state index in [1.165, 1.54) is 8.88 Å². The third-order valence-corrected chi connectivity index (χ3v) is 19.5. The molecule has 0 saturated carbocycles. The molecular formula is C48H78N4O8P2. The predicted octanol–water partition coefficient (Wildman–Crippen LogP) is 13.7. The van der Waals surface area contributed by atoms with Crippen molar-refractivity contribution in [1.82, 2.24) is 8.88 Å². The minimum absolute atomic E-state index is 0.0353. The van der Waals surface area contributed by atoms with Crippen LogP contribution >= 0.6 is 14.7 Å². The zero-order valence-electron chi connectivity index (χ0n) is 42.1. The fourth-order valence-electron chi connectivity index (χ4n) is 7.54. The van der Waals surface area contributed by atoms with Gasteiger partial charge in [-0.05, 0) is 93.6 Å². The molecule has 4 amide bonds. The molecule has 1 heterocycles. The monoisotopic (exact) mass is 901 g/mol. The Morgan fingerprint density at radius 1 is 0.419 bits per heavy atom. The van der Waals surface area contributed by atoms with Gasteiger partial charge in [0, 0.05) is 10.6 Å². The molecular weight excluding hydrogens is 822 g/mol. The van der Waals surface area contributed by atoms with Crippen LogP contribution in [0.25, 0.3) is 0 Å². The highest BCUT2D eigenvalue weighted by Crippen LogP contribution is 2.89. The average Bonchev–Trinajstić information content (AvgIpc) is 3.07. The third-order valence-electron chi connectivity index (χ3n) is 10.7. The van der Waals surface area contributed by atoms with Gasteiger partial charge in [0.2, 0.25) is 14.7 Å². The van der Waals surface area contributed by atoms with Crippen molar-refractivity contribution < 1.29 is 38.1 Å². The normalized spacial score (nSPS) is 18.7. The number of carbonyl (C=O) groups is 4. The van der Waals surface area contributed by atoms with E-state index in [1.807, 2.05) is 0 Å². The fourth-order valence-corrected chi connectivity index (χ4v) is 18.5. The number of benzene rings is 2. The maximum Gasteiger partial charge on any atom is 0.435 e.